The molecule has 1 N–H and O–H groups in total. The summed E-state index contributed by atoms with van der Waals surface area (Å²) in [6.45, 7) is 2.30. The summed E-state index contributed by atoms with van der Waals surface area (Å²) in [6, 6.07) is 21.5. The van der Waals surface area contributed by atoms with Crippen molar-refractivity contribution in [2.24, 2.45) is 0 Å². The topological polar surface area (TPSA) is 49.4 Å². The maximum Gasteiger partial charge on any atom is 0.255 e. The van der Waals surface area contributed by atoms with Gasteiger partial charge < -0.3 is 10.2 Å². The van der Waals surface area contributed by atoms with Crippen LogP contribution in [0.4, 0.5) is 5.69 Å². The Balaban J connectivity index is 1.68. The van der Waals surface area contributed by atoms with Crippen LogP contribution in [0.25, 0.3) is 0 Å². The Morgan fingerprint density at radius 3 is 2.46 bits per heavy atom. The Hall–Kier alpha value is -3.11. The number of carbonyl (C=O) groups is 2. The van der Waals surface area contributed by atoms with Crippen LogP contribution in [0.15, 0.2) is 72.8 Å². The molecule has 4 nitrogen and oxygen atoms in total. The van der Waals surface area contributed by atoms with E-state index in [1.54, 1.807) is 17.0 Å². The third-order valence-corrected chi connectivity index (χ3v) is 5.37. The van der Waals surface area contributed by atoms with Crippen molar-refractivity contribution in [3.05, 3.63) is 100 Å². The van der Waals surface area contributed by atoms with E-state index in [4.69, 9.17) is 11.6 Å². The standard InChI is InChI=1S/C23H19ClN2O2/c1-15-11-12-18(13-20(15)24)25-22(27)21(16-7-3-2-4-8-16)26-14-17-9-5-6-10-19(17)23(26)28/h2-13,21H,14H2,1H3,(H,25,27)/t21-/m0/s1. The normalized spacial score (nSPS) is 13.9. The van der Waals surface area contributed by atoms with Crippen LogP contribution in [0.2, 0.25) is 5.02 Å². The van der Waals surface area contributed by atoms with E-state index >= 15 is 0 Å². The van der Waals surface area contributed by atoms with Crippen LogP contribution in [0.1, 0.15) is 33.1 Å². The highest BCUT2D eigenvalue weighted by Gasteiger charge is 2.37. The molecular weight excluding hydrogens is 372 g/mol. The number of amides is 2. The lowest BCUT2D eigenvalue weighted by Crippen LogP contribution is -2.37. The molecule has 2 amide bonds. The Labute approximate surface area is 168 Å². The summed E-state index contributed by atoms with van der Waals surface area (Å²) in [5, 5.41) is 3.50. The minimum atomic E-state index is -0.735. The number of nitrogens with zero attached hydrogens (tertiary/aromatic N) is 1. The highest BCUT2D eigenvalue weighted by atomic mass is 35.5. The van der Waals surface area contributed by atoms with Gasteiger partial charge in [-0.1, -0.05) is 66.2 Å². The SMILES string of the molecule is Cc1ccc(NC(=O)[C@H](c2ccccc2)N2Cc3ccccc3C2=O)cc1Cl. The first-order chi connectivity index (χ1) is 13.5. The quantitative estimate of drug-likeness (QED) is 0.682. The summed E-state index contributed by atoms with van der Waals surface area (Å²) in [5.74, 6) is -0.409. The molecule has 1 heterocycles. The van der Waals surface area contributed by atoms with Crippen molar-refractivity contribution >= 4 is 29.1 Å². The van der Waals surface area contributed by atoms with Gasteiger partial charge in [0, 0.05) is 22.8 Å². The maximum atomic E-state index is 13.2. The third kappa shape index (κ3) is 3.39. The van der Waals surface area contributed by atoms with Gasteiger partial charge in [0.1, 0.15) is 6.04 Å². The van der Waals surface area contributed by atoms with Crippen molar-refractivity contribution in [1.29, 1.82) is 0 Å². The first kappa shape index (κ1) is 18.3. The van der Waals surface area contributed by atoms with Gasteiger partial charge in [-0.25, -0.2) is 0 Å². The van der Waals surface area contributed by atoms with E-state index in [2.05, 4.69) is 5.32 Å². The summed E-state index contributed by atoms with van der Waals surface area (Å²) >= 11 is 6.19. The first-order valence-electron chi connectivity index (χ1n) is 9.05. The molecule has 0 radical (unpaired) electrons. The largest absolute Gasteiger partial charge is 0.324 e. The maximum absolute atomic E-state index is 13.2. The van der Waals surface area contributed by atoms with Gasteiger partial charge in [0.05, 0.1) is 0 Å². The summed E-state index contributed by atoms with van der Waals surface area (Å²) in [4.78, 5) is 27.9. The lowest BCUT2D eigenvalue weighted by atomic mass is 10.0. The number of aryl methyl sites for hydroxylation is 1. The van der Waals surface area contributed by atoms with Gasteiger partial charge in [0.2, 0.25) is 0 Å². The number of hydrogen-bond acceptors (Lipinski definition) is 2. The summed E-state index contributed by atoms with van der Waals surface area (Å²) < 4.78 is 0. The molecule has 0 spiro atoms. The van der Waals surface area contributed by atoms with Crippen LogP contribution < -0.4 is 5.32 Å². The number of halogens is 1. The Kier molecular flexibility index (Phi) is 4.88. The zero-order valence-electron chi connectivity index (χ0n) is 15.4. The minimum absolute atomic E-state index is 0.137. The molecule has 0 aliphatic carbocycles. The first-order valence-corrected chi connectivity index (χ1v) is 9.43. The van der Waals surface area contributed by atoms with Gasteiger partial charge in [0.15, 0.2) is 0 Å². The minimum Gasteiger partial charge on any atom is -0.324 e. The molecule has 140 valence electrons. The van der Waals surface area contributed by atoms with Gasteiger partial charge in [-0.05, 0) is 41.8 Å². The lowest BCUT2D eigenvalue weighted by molar-refractivity contribution is -0.120. The van der Waals surface area contributed by atoms with Crippen LogP contribution in [-0.4, -0.2) is 16.7 Å². The van der Waals surface area contributed by atoms with Crippen molar-refractivity contribution in [3.8, 4) is 0 Å². The molecule has 1 atom stereocenters. The van der Waals surface area contributed by atoms with Crippen molar-refractivity contribution in [2.45, 2.75) is 19.5 Å². The van der Waals surface area contributed by atoms with E-state index in [9.17, 15) is 9.59 Å². The molecule has 3 aromatic rings. The molecule has 0 unspecified atom stereocenters. The highest BCUT2D eigenvalue weighted by Crippen LogP contribution is 2.32. The molecule has 5 heteroatoms. The number of nitrogens with one attached hydrogen (secondary N) is 1. The Morgan fingerprint density at radius 2 is 1.75 bits per heavy atom. The van der Waals surface area contributed by atoms with Crippen LogP contribution in [0.3, 0.4) is 0 Å². The highest BCUT2D eigenvalue weighted by molar-refractivity contribution is 6.31. The molecule has 1 aliphatic heterocycles. The number of rotatable bonds is 4. The second-order valence-corrected chi connectivity index (χ2v) is 7.26. The van der Waals surface area contributed by atoms with E-state index in [1.165, 1.54) is 0 Å². The Bertz CT molecular complexity index is 1050. The fraction of sp³-hybridized carbons (Fsp3) is 0.130. The number of anilines is 1. The molecule has 1 aliphatic rings. The molecule has 3 aromatic carbocycles. The fourth-order valence-electron chi connectivity index (χ4n) is 3.47. The molecule has 4 rings (SSSR count). The number of hydrogen-bond donors (Lipinski definition) is 1. The van der Waals surface area contributed by atoms with E-state index in [0.29, 0.717) is 22.8 Å². The van der Waals surface area contributed by atoms with Crippen LogP contribution in [0, 0.1) is 6.92 Å². The van der Waals surface area contributed by atoms with Crippen molar-refractivity contribution < 1.29 is 9.59 Å². The monoisotopic (exact) mass is 390 g/mol. The van der Waals surface area contributed by atoms with Crippen LogP contribution in [0.5, 0.6) is 0 Å². The van der Waals surface area contributed by atoms with Crippen molar-refractivity contribution in [3.63, 3.8) is 0 Å². The molecule has 0 bridgehead atoms. The van der Waals surface area contributed by atoms with Gasteiger partial charge in [-0.15, -0.1) is 0 Å². The van der Waals surface area contributed by atoms with Gasteiger partial charge >= 0.3 is 0 Å². The van der Waals surface area contributed by atoms with Gasteiger partial charge in [-0.2, -0.15) is 0 Å². The average molecular weight is 391 g/mol. The van der Waals surface area contributed by atoms with Crippen LogP contribution in [-0.2, 0) is 11.3 Å². The smallest absolute Gasteiger partial charge is 0.255 e. The molecular formula is C23H19ClN2O2. The molecule has 0 saturated heterocycles. The molecule has 28 heavy (non-hydrogen) atoms. The van der Waals surface area contributed by atoms with E-state index < -0.39 is 6.04 Å². The fourth-order valence-corrected chi connectivity index (χ4v) is 3.66. The number of fused-ring (bicyclic) bond motifs is 1. The van der Waals surface area contributed by atoms with Gasteiger partial charge in [0.25, 0.3) is 11.8 Å². The average Bonchev–Trinajstić information content (AvgIpc) is 3.02. The number of benzene rings is 3. The van der Waals surface area contributed by atoms with E-state index in [-0.39, 0.29) is 11.8 Å². The lowest BCUT2D eigenvalue weighted by Gasteiger charge is -2.27. The predicted molar refractivity (Wildman–Crippen MR) is 110 cm³/mol. The van der Waals surface area contributed by atoms with E-state index in [1.807, 2.05) is 67.6 Å². The van der Waals surface area contributed by atoms with Crippen molar-refractivity contribution in [1.82, 2.24) is 4.90 Å². The molecule has 0 fully saturated rings. The second kappa shape index (κ2) is 7.49. The third-order valence-electron chi connectivity index (χ3n) is 4.96. The van der Waals surface area contributed by atoms with E-state index in [0.717, 1.165) is 16.7 Å². The predicted octanol–water partition coefficient (Wildman–Crippen LogP) is 4.98. The summed E-state index contributed by atoms with van der Waals surface area (Å²) in [5.41, 5.74) is 3.88. The Morgan fingerprint density at radius 1 is 1.04 bits per heavy atom. The van der Waals surface area contributed by atoms with Gasteiger partial charge in [-0.3, -0.25) is 9.59 Å². The second-order valence-electron chi connectivity index (χ2n) is 6.86. The molecule has 0 aromatic heterocycles. The summed E-state index contributed by atoms with van der Waals surface area (Å²) in [7, 11) is 0. The number of carbonyl (C=O) groups excluding carboxylic acids is 2. The zero-order chi connectivity index (χ0) is 19.7. The molecule has 0 saturated carbocycles. The zero-order valence-corrected chi connectivity index (χ0v) is 16.1. The van der Waals surface area contributed by atoms with Crippen LogP contribution >= 0.6 is 11.6 Å². The summed E-state index contributed by atoms with van der Waals surface area (Å²) in [6.07, 6.45) is 0. The van der Waals surface area contributed by atoms with Crippen molar-refractivity contribution in [2.75, 3.05) is 5.32 Å².